The molecule has 5 heteroatoms. The van der Waals surface area contributed by atoms with Crippen molar-refractivity contribution >= 4 is 5.97 Å². The van der Waals surface area contributed by atoms with Gasteiger partial charge < -0.3 is 19.6 Å². The van der Waals surface area contributed by atoms with Gasteiger partial charge in [0, 0.05) is 12.6 Å². The molecule has 0 amide bonds. The van der Waals surface area contributed by atoms with Crippen LogP contribution < -0.4 is 5.32 Å². The Morgan fingerprint density at radius 3 is 3.00 bits per heavy atom. The highest BCUT2D eigenvalue weighted by Crippen LogP contribution is 2.09. The molecule has 96 valence electrons. The molecule has 0 bridgehead atoms. The standard InChI is InChI=1S/C12H19NO4/c1-3-10(4-5-14)13-7-11-6-9(8-17-11)12(15)16-2/h6,8,10,13-14H,3-5,7H2,1-2H3. The molecular weight excluding hydrogens is 222 g/mol. The summed E-state index contributed by atoms with van der Waals surface area (Å²) in [6.45, 7) is 2.75. The number of aliphatic hydroxyl groups excluding tert-OH is 1. The SMILES string of the molecule is CCC(CCO)NCc1cc(C(=O)OC)co1. The van der Waals surface area contributed by atoms with Crippen LogP contribution in [0.5, 0.6) is 0 Å². The first-order chi connectivity index (χ1) is 8.21. The molecule has 0 aliphatic rings. The van der Waals surface area contributed by atoms with Crippen LogP contribution >= 0.6 is 0 Å². The summed E-state index contributed by atoms with van der Waals surface area (Å²) in [4.78, 5) is 11.2. The van der Waals surface area contributed by atoms with Crippen molar-refractivity contribution in [2.45, 2.75) is 32.4 Å². The van der Waals surface area contributed by atoms with Gasteiger partial charge in [-0.3, -0.25) is 0 Å². The normalized spacial score (nSPS) is 12.4. The van der Waals surface area contributed by atoms with Gasteiger partial charge in [-0.1, -0.05) is 6.92 Å². The van der Waals surface area contributed by atoms with Crippen molar-refractivity contribution in [2.24, 2.45) is 0 Å². The van der Waals surface area contributed by atoms with E-state index in [4.69, 9.17) is 9.52 Å². The molecule has 2 N–H and O–H groups in total. The molecule has 1 rings (SSSR count). The highest BCUT2D eigenvalue weighted by Gasteiger charge is 2.11. The Kier molecular flexibility index (Phi) is 5.72. The van der Waals surface area contributed by atoms with Gasteiger partial charge in [0.05, 0.1) is 19.2 Å². The summed E-state index contributed by atoms with van der Waals surface area (Å²) in [6.07, 6.45) is 3.03. The lowest BCUT2D eigenvalue weighted by Gasteiger charge is -2.14. The molecular formula is C12H19NO4. The van der Waals surface area contributed by atoms with Gasteiger partial charge in [-0.25, -0.2) is 4.79 Å². The summed E-state index contributed by atoms with van der Waals surface area (Å²) in [5.74, 6) is 0.282. The maximum Gasteiger partial charge on any atom is 0.341 e. The molecule has 0 saturated carbocycles. The zero-order valence-electron chi connectivity index (χ0n) is 10.2. The maximum absolute atomic E-state index is 11.2. The summed E-state index contributed by atoms with van der Waals surface area (Å²) in [5.41, 5.74) is 0.416. The molecule has 0 aromatic carbocycles. The van der Waals surface area contributed by atoms with Crippen molar-refractivity contribution in [3.63, 3.8) is 0 Å². The summed E-state index contributed by atoms with van der Waals surface area (Å²) >= 11 is 0. The van der Waals surface area contributed by atoms with Crippen LogP contribution in [0.2, 0.25) is 0 Å². The smallest absolute Gasteiger partial charge is 0.341 e. The van der Waals surface area contributed by atoms with Gasteiger partial charge in [0.2, 0.25) is 0 Å². The van der Waals surface area contributed by atoms with Gasteiger partial charge in [-0.2, -0.15) is 0 Å². The third-order valence-electron chi connectivity index (χ3n) is 2.61. The highest BCUT2D eigenvalue weighted by atomic mass is 16.5. The van der Waals surface area contributed by atoms with E-state index in [9.17, 15) is 4.79 Å². The first-order valence-corrected chi connectivity index (χ1v) is 5.71. The monoisotopic (exact) mass is 241 g/mol. The minimum absolute atomic E-state index is 0.164. The molecule has 0 aliphatic heterocycles. The number of nitrogens with one attached hydrogen (secondary N) is 1. The quantitative estimate of drug-likeness (QED) is 0.704. The lowest BCUT2D eigenvalue weighted by atomic mass is 10.1. The molecule has 17 heavy (non-hydrogen) atoms. The fourth-order valence-corrected chi connectivity index (χ4v) is 1.55. The second-order valence-corrected chi connectivity index (χ2v) is 3.79. The zero-order valence-corrected chi connectivity index (χ0v) is 10.2. The fraction of sp³-hybridized carbons (Fsp3) is 0.583. The van der Waals surface area contributed by atoms with Crippen LogP contribution in [-0.4, -0.2) is 30.8 Å². The first kappa shape index (κ1) is 13.7. The van der Waals surface area contributed by atoms with E-state index < -0.39 is 5.97 Å². The van der Waals surface area contributed by atoms with E-state index in [1.807, 2.05) is 0 Å². The predicted molar refractivity (Wildman–Crippen MR) is 62.7 cm³/mol. The Labute approximate surface area is 101 Å². The number of methoxy groups -OCH3 is 1. The summed E-state index contributed by atoms with van der Waals surface area (Å²) < 4.78 is 9.82. The van der Waals surface area contributed by atoms with E-state index in [1.54, 1.807) is 6.07 Å². The van der Waals surface area contributed by atoms with E-state index in [1.165, 1.54) is 13.4 Å². The van der Waals surface area contributed by atoms with E-state index in [0.717, 1.165) is 6.42 Å². The van der Waals surface area contributed by atoms with Crippen molar-refractivity contribution in [3.05, 3.63) is 23.7 Å². The Bertz CT molecular complexity index is 348. The molecule has 1 heterocycles. The Morgan fingerprint density at radius 1 is 1.65 bits per heavy atom. The minimum Gasteiger partial charge on any atom is -0.467 e. The largest absolute Gasteiger partial charge is 0.467 e. The fourth-order valence-electron chi connectivity index (χ4n) is 1.55. The van der Waals surface area contributed by atoms with Crippen molar-refractivity contribution in [1.82, 2.24) is 5.32 Å². The molecule has 0 saturated heterocycles. The summed E-state index contributed by atoms with van der Waals surface area (Å²) in [7, 11) is 1.33. The number of hydrogen-bond acceptors (Lipinski definition) is 5. The van der Waals surface area contributed by atoms with Crippen LogP contribution in [0.3, 0.4) is 0 Å². The number of rotatable bonds is 7. The van der Waals surface area contributed by atoms with E-state index in [2.05, 4.69) is 17.0 Å². The number of carbonyl (C=O) groups is 1. The van der Waals surface area contributed by atoms with Gasteiger partial charge >= 0.3 is 5.97 Å². The second kappa shape index (κ2) is 7.09. The number of carbonyl (C=O) groups excluding carboxylic acids is 1. The van der Waals surface area contributed by atoms with Gasteiger partial charge in [0.25, 0.3) is 0 Å². The number of furan rings is 1. The molecule has 0 fully saturated rings. The molecule has 1 aromatic rings. The maximum atomic E-state index is 11.2. The molecule has 5 nitrogen and oxygen atoms in total. The lowest BCUT2D eigenvalue weighted by molar-refractivity contribution is 0.0600. The Morgan fingerprint density at radius 2 is 2.41 bits per heavy atom. The van der Waals surface area contributed by atoms with E-state index in [0.29, 0.717) is 24.3 Å². The topological polar surface area (TPSA) is 71.7 Å². The van der Waals surface area contributed by atoms with Gasteiger partial charge in [-0.05, 0) is 18.9 Å². The van der Waals surface area contributed by atoms with Crippen LogP contribution in [0.25, 0.3) is 0 Å². The summed E-state index contributed by atoms with van der Waals surface area (Å²) in [5, 5.41) is 12.1. The van der Waals surface area contributed by atoms with Crippen molar-refractivity contribution in [1.29, 1.82) is 0 Å². The first-order valence-electron chi connectivity index (χ1n) is 5.71. The molecule has 0 spiro atoms. The molecule has 0 radical (unpaired) electrons. The van der Waals surface area contributed by atoms with Crippen LogP contribution in [0.15, 0.2) is 16.7 Å². The van der Waals surface area contributed by atoms with E-state index >= 15 is 0 Å². The third kappa shape index (κ3) is 4.20. The Hall–Kier alpha value is -1.33. The van der Waals surface area contributed by atoms with Crippen LogP contribution in [-0.2, 0) is 11.3 Å². The Balaban J connectivity index is 2.46. The number of esters is 1. The number of aliphatic hydroxyl groups is 1. The zero-order chi connectivity index (χ0) is 12.7. The number of hydrogen-bond donors (Lipinski definition) is 2. The van der Waals surface area contributed by atoms with Crippen molar-refractivity contribution in [2.75, 3.05) is 13.7 Å². The van der Waals surface area contributed by atoms with Crippen molar-refractivity contribution < 1.29 is 19.1 Å². The summed E-state index contributed by atoms with van der Waals surface area (Å²) in [6, 6.07) is 1.91. The average Bonchev–Trinajstić information content (AvgIpc) is 2.82. The minimum atomic E-state index is -0.401. The van der Waals surface area contributed by atoms with Crippen LogP contribution in [0, 0.1) is 0 Å². The molecule has 0 aliphatic carbocycles. The van der Waals surface area contributed by atoms with Crippen LogP contribution in [0.4, 0.5) is 0 Å². The third-order valence-corrected chi connectivity index (χ3v) is 2.61. The van der Waals surface area contributed by atoms with Crippen LogP contribution in [0.1, 0.15) is 35.9 Å². The molecule has 1 aromatic heterocycles. The second-order valence-electron chi connectivity index (χ2n) is 3.79. The van der Waals surface area contributed by atoms with Gasteiger partial charge in [0.1, 0.15) is 12.0 Å². The predicted octanol–water partition coefficient (Wildman–Crippen LogP) is 1.32. The van der Waals surface area contributed by atoms with Gasteiger partial charge in [-0.15, -0.1) is 0 Å². The average molecular weight is 241 g/mol. The molecule has 1 unspecified atom stereocenters. The lowest BCUT2D eigenvalue weighted by Crippen LogP contribution is -2.28. The molecule has 1 atom stereocenters. The highest BCUT2D eigenvalue weighted by molar-refractivity contribution is 5.88. The number of ether oxygens (including phenoxy) is 1. The van der Waals surface area contributed by atoms with E-state index in [-0.39, 0.29) is 12.6 Å². The van der Waals surface area contributed by atoms with Crippen molar-refractivity contribution in [3.8, 4) is 0 Å². The van der Waals surface area contributed by atoms with Gasteiger partial charge in [0.15, 0.2) is 0 Å².